The summed E-state index contributed by atoms with van der Waals surface area (Å²) in [7, 11) is 0. The molecule has 0 heterocycles. The van der Waals surface area contributed by atoms with Crippen molar-refractivity contribution < 1.29 is 4.74 Å². The number of hydrogen-bond donors (Lipinski definition) is 0. The second-order valence-electron chi connectivity index (χ2n) is 4.82. The van der Waals surface area contributed by atoms with Crippen molar-refractivity contribution in [3.8, 4) is 0 Å². The van der Waals surface area contributed by atoms with Gasteiger partial charge in [-0.3, -0.25) is 0 Å². The molecule has 2 atom stereocenters. The zero-order chi connectivity index (χ0) is 12.9. The Hall–Kier alpha value is -0.560. The van der Waals surface area contributed by atoms with Crippen LogP contribution in [-0.4, -0.2) is 13.2 Å². The molecule has 2 unspecified atom stereocenters. The maximum Gasteiger partial charge on any atom is 0.0471 e. The minimum atomic E-state index is 0.646. The second-order valence-corrected chi connectivity index (χ2v) is 4.82. The summed E-state index contributed by atoms with van der Waals surface area (Å²) in [5, 5.41) is 0. The van der Waals surface area contributed by atoms with Crippen LogP contribution < -0.4 is 0 Å². The fraction of sp³-hybridized carbons (Fsp3) is 0.750. The van der Waals surface area contributed by atoms with Gasteiger partial charge in [0.05, 0.1) is 0 Å². The van der Waals surface area contributed by atoms with Gasteiger partial charge in [-0.2, -0.15) is 0 Å². The lowest BCUT2D eigenvalue weighted by molar-refractivity contribution is 0.118. The fourth-order valence-corrected chi connectivity index (χ4v) is 1.57. The third-order valence-electron chi connectivity index (χ3n) is 2.84. The summed E-state index contributed by atoms with van der Waals surface area (Å²) in [6, 6.07) is 0. The Morgan fingerprint density at radius 1 is 0.824 bits per heavy atom. The summed E-state index contributed by atoms with van der Waals surface area (Å²) in [4.78, 5) is 0. The summed E-state index contributed by atoms with van der Waals surface area (Å²) < 4.78 is 5.67. The minimum absolute atomic E-state index is 0.646. The Kier molecular flexibility index (Phi) is 11.5. The predicted octanol–water partition coefficient (Wildman–Crippen LogP) is 4.99. The predicted molar refractivity (Wildman–Crippen MR) is 77.2 cm³/mol. The van der Waals surface area contributed by atoms with Gasteiger partial charge in [0.2, 0.25) is 0 Å². The van der Waals surface area contributed by atoms with Crippen LogP contribution in [0.1, 0.15) is 53.4 Å². The van der Waals surface area contributed by atoms with Gasteiger partial charge in [0.1, 0.15) is 0 Å². The molecule has 1 heteroatoms. The smallest absolute Gasteiger partial charge is 0.0471 e. The second kappa shape index (κ2) is 11.9. The van der Waals surface area contributed by atoms with Gasteiger partial charge in [0.25, 0.3) is 0 Å². The van der Waals surface area contributed by atoms with Crippen LogP contribution in [0.2, 0.25) is 0 Å². The van der Waals surface area contributed by atoms with Gasteiger partial charge in [-0.05, 0) is 37.5 Å². The van der Waals surface area contributed by atoms with Crippen LogP contribution >= 0.6 is 0 Å². The van der Waals surface area contributed by atoms with Gasteiger partial charge in [-0.15, -0.1) is 0 Å². The first-order chi connectivity index (χ1) is 8.20. The van der Waals surface area contributed by atoms with Gasteiger partial charge < -0.3 is 4.74 Å². The lowest BCUT2D eigenvalue weighted by Gasteiger charge is -2.09. The van der Waals surface area contributed by atoms with E-state index in [1.165, 1.54) is 0 Å². The monoisotopic (exact) mass is 238 g/mol. The van der Waals surface area contributed by atoms with Crippen LogP contribution in [0, 0.1) is 11.8 Å². The van der Waals surface area contributed by atoms with E-state index < -0.39 is 0 Å². The van der Waals surface area contributed by atoms with Gasteiger partial charge >= 0.3 is 0 Å². The standard InChI is InChI=1S/C16H30O/c1-5-7-9-15(3)11-13-17-14-12-16(4)10-8-6-2/h7-10,15-16H,5-6,11-14H2,1-4H3. The molecule has 0 amide bonds. The Morgan fingerprint density at radius 3 is 1.59 bits per heavy atom. The zero-order valence-corrected chi connectivity index (χ0v) is 12.1. The van der Waals surface area contributed by atoms with Gasteiger partial charge in [-0.25, -0.2) is 0 Å². The average Bonchev–Trinajstić information content (AvgIpc) is 2.33. The summed E-state index contributed by atoms with van der Waals surface area (Å²) in [5.41, 5.74) is 0. The first-order valence-corrected chi connectivity index (χ1v) is 7.11. The van der Waals surface area contributed by atoms with E-state index in [9.17, 15) is 0 Å². The molecule has 0 radical (unpaired) electrons. The molecule has 0 aliphatic carbocycles. The van der Waals surface area contributed by atoms with E-state index in [0.29, 0.717) is 11.8 Å². The van der Waals surface area contributed by atoms with E-state index in [1.807, 2.05) is 0 Å². The summed E-state index contributed by atoms with van der Waals surface area (Å²) >= 11 is 0. The van der Waals surface area contributed by atoms with Gasteiger partial charge in [0, 0.05) is 13.2 Å². The van der Waals surface area contributed by atoms with Crippen LogP contribution in [0.3, 0.4) is 0 Å². The first kappa shape index (κ1) is 16.4. The number of rotatable bonds is 10. The highest BCUT2D eigenvalue weighted by Crippen LogP contribution is 2.07. The summed E-state index contributed by atoms with van der Waals surface area (Å²) in [6.07, 6.45) is 13.6. The number of ether oxygens (including phenoxy) is 1. The molecule has 0 aromatic rings. The highest BCUT2D eigenvalue weighted by molar-refractivity contribution is 4.86. The number of allylic oxidation sites excluding steroid dienone is 4. The molecule has 0 spiro atoms. The van der Waals surface area contributed by atoms with Gasteiger partial charge in [-0.1, -0.05) is 52.0 Å². The Bertz CT molecular complexity index is 184. The lowest BCUT2D eigenvalue weighted by Crippen LogP contribution is -2.04. The molecule has 0 aromatic heterocycles. The third-order valence-corrected chi connectivity index (χ3v) is 2.84. The van der Waals surface area contributed by atoms with Crippen LogP contribution in [0.4, 0.5) is 0 Å². The molecule has 0 saturated carbocycles. The van der Waals surface area contributed by atoms with Crippen molar-refractivity contribution in [1.82, 2.24) is 0 Å². The van der Waals surface area contributed by atoms with E-state index in [4.69, 9.17) is 4.74 Å². The van der Waals surface area contributed by atoms with Gasteiger partial charge in [0.15, 0.2) is 0 Å². The summed E-state index contributed by atoms with van der Waals surface area (Å²) in [6.45, 7) is 10.6. The molecule has 100 valence electrons. The first-order valence-electron chi connectivity index (χ1n) is 7.11. The Morgan fingerprint density at radius 2 is 1.24 bits per heavy atom. The van der Waals surface area contributed by atoms with Crippen molar-refractivity contribution >= 4 is 0 Å². The van der Waals surface area contributed by atoms with Crippen LogP contribution in [-0.2, 0) is 4.74 Å². The SMILES string of the molecule is CCC=CC(C)CCOCCC(C)C=CCC. The molecule has 0 bridgehead atoms. The molecule has 0 rings (SSSR count). The molecular weight excluding hydrogens is 208 g/mol. The normalized spacial score (nSPS) is 15.8. The van der Waals surface area contributed by atoms with Crippen molar-refractivity contribution in [2.75, 3.05) is 13.2 Å². The van der Waals surface area contributed by atoms with Crippen LogP contribution in [0.5, 0.6) is 0 Å². The molecule has 0 aromatic carbocycles. The third kappa shape index (κ3) is 11.7. The minimum Gasteiger partial charge on any atom is -0.381 e. The highest BCUT2D eigenvalue weighted by atomic mass is 16.5. The molecular formula is C16H30O. The maximum absolute atomic E-state index is 5.67. The quantitative estimate of drug-likeness (QED) is 0.385. The average molecular weight is 238 g/mol. The van der Waals surface area contributed by atoms with Crippen molar-refractivity contribution in [3.05, 3.63) is 24.3 Å². The molecule has 1 nitrogen and oxygen atoms in total. The molecule has 0 saturated heterocycles. The van der Waals surface area contributed by atoms with E-state index in [-0.39, 0.29) is 0 Å². The lowest BCUT2D eigenvalue weighted by atomic mass is 10.1. The highest BCUT2D eigenvalue weighted by Gasteiger charge is 1.99. The van der Waals surface area contributed by atoms with E-state index in [2.05, 4.69) is 52.0 Å². The van der Waals surface area contributed by atoms with Crippen molar-refractivity contribution in [1.29, 1.82) is 0 Å². The Labute approximate surface area is 108 Å². The molecule has 0 aliphatic heterocycles. The van der Waals surface area contributed by atoms with Crippen molar-refractivity contribution in [2.45, 2.75) is 53.4 Å². The summed E-state index contributed by atoms with van der Waals surface area (Å²) in [5.74, 6) is 1.29. The molecule has 0 aliphatic rings. The number of hydrogen-bond acceptors (Lipinski definition) is 1. The maximum atomic E-state index is 5.67. The molecule has 0 N–H and O–H groups in total. The van der Waals surface area contributed by atoms with Crippen molar-refractivity contribution in [3.63, 3.8) is 0 Å². The van der Waals surface area contributed by atoms with E-state index in [1.54, 1.807) is 0 Å². The Balaban J connectivity index is 3.39. The molecule has 0 fully saturated rings. The van der Waals surface area contributed by atoms with Crippen LogP contribution in [0.15, 0.2) is 24.3 Å². The van der Waals surface area contributed by atoms with Crippen molar-refractivity contribution in [2.24, 2.45) is 11.8 Å². The van der Waals surface area contributed by atoms with E-state index >= 15 is 0 Å². The fourth-order valence-electron chi connectivity index (χ4n) is 1.57. The largest absolute Gasteiger partial charge is 0.381 e. The van der Waals surface area contributed by atoms with E-state index in [0.717, 1.165) is 38.9 Å². The zero-order valence-electron chi connectivity index (χ0n) is 12.1. The molecule has 17 heavy (non-hydrogen) atoms. The van der Waals surface area contributed by atoms with Crippen LogP contribution in [0.25, 0.3) is 0 Å². The topological polar surface area (TPSA) is 9.23 Å².